The van der Waals surface area contributed by atoms with Gasteiger partial charge in [0.25, 0.3) is 0 Å². The first-order valence-electron chi connectivity index (χ1n) is 11.2. The fraction of sp³-hybridized carbons (Fsp3) is 0.773. The zero-order valence-electron chi connectivity index (χ0n) is 20.3. The number of aliphatic hydroxyl groups is 1. The van der Waals surface area contributed by atoms with Crippen LogP contribution in [-0.2, 0) is 17.4 Å². The van der Waals surface area contributed by atoms with Crippen LogP contribution in [0.2, 0.25) is 0 Å². The Bertz CT molecular complexity index is 744. The summed E-state index contributed by atoms with van der Waals surface area (Å²) >= 11 is 0. The van der Waals surface area contributed by atoms with Crippen molar-refractivity contribution in [2.24, 2.45) is 18.0 Å². The van der Waals surface area contributed by atoms with E-state index in [-0.39, 0.29) is 36.6 Å². The number of nitrogens with one attached hydrogen (secondary N) is 2. The van der Waals surface area contributed by atoms with Gasteiger partial charge in [0.1, 0.15) is 11.2 Å². The number of aryl methyl sites for hydroxylation is 1. The number of aliphatic imine (C=N–C) groups is 1. The molecule has 0 aromatic carbocycles. The van der Waals surface area contributed by atoms with Gasteiger partial charge in [-0.1, -0.05) is 0 Å². The van der Waals surface area contributed by atoms with Crippen LogP contribution in [0.4, 0.5) is 4.79 Å². The molecular formula is C22H41IN6O3. The number of aromatic nitrogens is 2. The lowest BCUT2D eigenvalue weighted by Crippen LogP contribution is -2.44. The van der Waals surface area contributed by atoms with Gasteiger partial charge in [0.05, 0.1) is 12.7 Å². The monoisotopic (exact) mass is 564 g/mol. The molecule has 32 heavy (non-hydrogen) atoms. The molecule has 2 heterocycles. The van der Waals surface area contributed by atoms with Gasteiger partial charge in [-0.15, -0.1) is 24.0 Å². The van der Waals surface area contributed by atoms with Crippen molar-refractivity contribution in [3.8, 4) is 0 Å². The summed E-state index contributed by atoms with van der Waals surface area (Å²) < 4.78 is 7.18. The van der Waals surface area contributed by atoms with E-state index in [9.17, 15) is 9.90 Å². The summed E-state index contributed by atoms with van der Waals surface area (Å²) in [6, 6.07) is 0. The van der Waals surface area contributed by atoms with Gasteiger partial charge in [-0.25, -0.2) is 9.79 Å². The summed E-state index contributed by atoms with van der Waals surface area (Å²) in [4.78, 5) is 18.7. The normalized spacial score (nSPS) is 19.0. The molecule has 0 aliphatic carbocycles. The summed E-state index contributed by atoms with van der Waals surface area (Å²) in [7, 11) is 1.82. The Balaban J connectivity index is 0.00000512. The van der Waals surface area contributed by atoms with E-state index < -0.39 is 11.2 Å². The van der Waals surface area contributed by atoms with Gasteiger partial charge in [-0.3, -0.25) is 4.68 Å². The van der Waals surface area contributed by atoms with E-state index >= 15 is 0 Å². The van der Waals surface area contributed by atoms with Gasteiger partial charge in [0.2, 0.25) is 0 Å². The van der Waals surface area contributed by atoms with E-state index in [2.05, 4.69) is 20.7 Å². The number of halogens is 1. The van der Waals surface area contributed by atoms with Crippen molar-refractivity contribution in [2.45, 2.75) is 65.1 Å². The maximum Gasteiger partial charge on any atom is 0.410 e. The van der Waals surface area contributed by atoms with Gasteiger partial charge in [0, 0.05) is 45.0 Å². The Hall–Kier alpha value is -1.56. The van der Waals surface area contributed by atoms with Crippen molar-refractivity contribution in [1.29, 1.82) is 0 Å². The lowest BCUT2D eigenvalue weighted by molar-refractivity contribution is 0.0162. The minimum Gasteiger partial charge on any atom is -0.444 e. The van der Waals surface area contributed by atoms with Crippen LogP contribution in [0.5, 0.6) is 0 Å². The van der Waals surface area contributed by atoms with Crippen molar-refractivity contribution in [3.63, 3.8) is 0 Å². The summed E-state index contributed by atoms with van der Waals surface area (Å²) in [5.41, 5.74) is -0.827. The maximum absolute atomic E-state index is 12.4. The van der Waals surface area contributed by atoms with Crippen LogP contribution in [0.25, 0.3) is 0 Å². The fourth-order valence-electron chi connectivity index (χ4n) is 3.55. The van der Waals surface area contributed by atoms with Crippen molar-refractivity contribution in [2.75, 3.05) is 32.7 Å². The summed E-state index contributed by atoms with van der Waals surface area (Å²) in [5, 5.41) is 21.4. The van der Waals surface area contributed by atoms with Crippen molar-refractivity contribution >= 4 is 36.0 Å². The number of likely N-dealkylation sites (tertiary alicyclic amines) is 1. The van der Waals surface area contributed by atoms with Gasteiger partial charge >= 0.3 is 6.09 Å². The third kappa shape index (κ3) is 9.51. The van der Waals surface area contributed by atoms with E-state index in [0.717, 1.165) is 51.0 Å². The van der Waals surface area contributed by atoms with E-state index in [0.29, 0.717) is 11.9 Å². The zero-order chi connectivity index (χ0) is 23.1. The molecule has 2 atom stereocenters. The summed E-state index contributed by atoms with van der Waals surface area (Å²) in [6.07, 6.45) is 6.27. The van der Waals surface area contributed by atoms with Crippen LogP contribution in [0.3, 0.4) is 0 Å². The summed E-state index contributed by atoms with van der Waals surface area (Å²) in [5.74, 6) is 1.10. The Kier molecular flexibility index (Phi) is 11.2. The molecule has 3 N–H and O–H groups in total. The average Bonchev–Trinajstić information content (AvgIpc) is 3.12. The number of hydrogen-bond donors (Lipinski definition) is 3. The van der Waals surface area contributed by atoms with Crippen LogP contribution < -0.4 is 10.6 Å². The standard InChI is InChI=1S/C22H40N6O3.HI/c1-7-23-19(25-16-22(5,30)18-13-26-27(6)15-18)24-11-10-17-9-8-12-28(14-17)20(29)31-21(2,3)4;/h13,15,17,30H,7-12,14,16H2,1-6H3,(H2,23,24,25);1H. The molecule has 2 rings (SSSR count). The number of amides is 1. The largest absolute Gasteiger partial charge is 0.444 e. The lowest BCUT2D eigenvalue weighted by Gasteiger charge is -2.34. The first-order valence-corrected chi connectivity index (χ1v) is 11.2. The van der Waals surface area contributed by atoms with Gasteiger partial charge < -0.3 is 25.4 Å². The second kappa shape index (κ2) is 12.6. The van der Waals surface area contributed by atoms with E-state index in [4.69, 9.17) is 4.74 Å². The smallest absolute Gasteiger partial charge is 0.410 e. The Labute approximate surface area is 209 Å². The number of rotatable bonds is 7. The zero-order valence-corrected chi connectivity index (χ0v) is 22.7. The Morgan fingerprint density at radius 1 is 1.34 bits per heavy atom. The maximum atomic E-state index is 12.4. The highest BCUT2D eigenvalue weighted by Gasteiger charge is 2.28. The highest BCUT2D eigenvalue weighted by Crippen LogP contribution is 2.22. The van der Waals surface area contributed by atoms with Crippen molar-refractivity contribution in [1.82, 2.24) is 25.3 Å². The van der Waals surface area contributed by atoms with Gasteiger partial charge in [-0.2, -0.15) is 5.10 Å². The predicted octanol–water partition coefficient (Wildman–Crippen LogP) is 2.84. The molecule has 2 unspecified atom stereocenters. The topological polar surface area (TPSA) is 104 Å². The Morgan fingerprint density at radius 2 is 2.06 bits per heavy atom. The molecule has 1 aromatic heterocycles. The predicted molar refractivity (Wildman–Crippen MR) is 137 cm³/mol. The van der Waals surface area contributed by atoms with Crippen LogP contribution in [-0.4, -0.2) is 70.2 Å². The molecule has 1 aliphatic heterocycles. The number of nitrogens with zero attached hydrogens (tertiary/aromatic N) is 4. The molecule has 0 bridgehead atoms. The molecule has 0 spiro atoms. The molecule has 1 saturated heterocycles. The highest BCUT2D eigenvalue weighted by molar-refractivity contribution is 14.0. The van der Waals surface area contributed by atoms with Crippen LogP contribution in [0, 0.1) is 5.92 Å². The average molecular weight is 565 g/mol. The molecule has 0 saturated carbocycles. The second-order valence-corrected chi connectivity index (χ2v) is 9.52. The van der Waals surface area contributed by atoms with E-state index in [1.807, 2.05) is 39.6 Å². The fourth-order valence-corrected chi connectivity index (χ4v) is 3.55. The second-order valence-electron chi connectivity index (χ2n) is 9.52. The molecule has 1 amide bonds. The highest BCUT2D eigenvalue weighted by atomic mass is 127. The third-order valence-corrected chi connectivity index (χ3v) is 5.23. The first kappa shape index (κ1) is 28.5. The van der Waals surface area contributed by atoms with E-state index in [1.54, 1.807) is 24.0 Å². The number of carbonyl (C=O) groups excluding carboxylic acids is 1. The van der Waals surface area contributed by atoms with Gasteiger partial charge in [0.15, 0.2) is 5.96 Å². The van der Waals surface area contributed by atoms with E-state index in [1.165, 1.54) is 0 Å². The Morgan fingerprint density at radius 3 is 2.66 bits per heavy atom. The minimum atomic E-state index is -1.09. The number of ether oxygens (including phenoxy) is 1. The summed E-state index contributed by atoms with van der Waals surface area (Å²) in [6.45, 7) is 12.6. The van der Waals surface area contributed by atoms with Gasteiger partial charge in [-0.05, 0) is 59.8 Å². The van der Waals surface area contributed by atoms with Crippen molar-refractivity contribution < 1.29 is 14.6 Å². The quantitative estimate of drug-likeness (QED) is 0.268. The minimum absolute atomic E-state index is 0. The molecule has 9 nitrogen and oxygen atoms in total. The van der Waals surface area contributed by atoms with Crippen LogP contribution in [0.15, 0.2) is 17.4 Å². The molecule has 184 valence electrons. The molecular weight excluding hydrogens is 523 g/mol. The number of carbonyl (C=O) groups is 1. The molecule has 10 heteroatoms. The lowest BCUT2D eigenvalue weighted by atomic mass is 9.95. The molecule has 1 aliphatic rings. The third-order valence-electron chi connectivity index (χ3n) is 5.23. The number of piperidine rings is 1. The van der Waals surface area contributed by atoms with Crippen LogP contribution in [0.1, 0.15) is 59.4 Å². The van der Waals surface area contributed by atoms with Crippen LogP contribution >= 0.6 is 24.0 Å². The molecule has 1 fully saturated rings. The molecule has 1 aromatic rings. The molecule has 0 radical (unpaired) electrons. The van der Waals surface area contributed by atoms with Crippen molar-refractivity contribution in [3.05, 3.63) is 18.0 Å². The first-order chi connectivity index (χ1) is 14.5. The number of hydrogen-bond acceptors (Lipinski definition) is 5. The number of guanidine groups is 1. The SMILES string of the molecule is CCNC(=NCC(C)(O)c1cnn(C)c1)NCCC1CCCN(C(=O)OC(C)(C)C)C1.I.